The highest BCUT2D eigenvalue weighted by Crippen LogP contribution is 2.24. The molecule has 1 amide bonds. The molecule has 3 heteroatoms. The Kier molecular flexibility index (Phi) is 11.1. The molecule has 0 aliphatic carbocycles. The lowest BCUT2D eigenvalue weighted by molar-refractivity contribution is -0.105. The summed E-state index contributed by atoms with van der Waals surface area (Å²) in [4.78, 5) is 10.2. The maximum Gasteiger partial charge on any atom is 0.211 e. The Morgan fingerprint density at radius 3 is 2.09 bits per heavy atom. The molecule has 0 radical (unpaired) electrons. The molecule has 0 bridgehead atoms. The highest BCUT2D eigenvalue weighted by atomic mass is 16.5. The van der Waals surface area contributed by atoms with Crippen molar-refractivity contribution in [3.8, 4) is 5.75 Å². The van der Waals surface area contributed by atoms with Crippen molar-refractivity contribution >= 4 is 12.1 Å². The number of rotatable bonds is 4. The first-order valence-corrected chi connectivity index (χ1v) is 7.98. The zero-order chi connectivity index (χ0) is 17.7. The zero-order valence-corrected chi connectivity index (χ0v) is 15.1. The van der Waals surface area contributed by atoms with Gasteiger partial charge < -0.3 is 10.1 Å². The predicted molar refractivity (Wildman–Crippen MR) is 99.3 cm³/mol. The topological polar surface area (TPSA) is 38.3 Å². The van der Waals surface area contributed by atoms with Crippen molar-refractivity contribution in [3.63, 3.8) is 0 Å². The van der Waals surface area contributed by atoms with Crippen LogP contribution in [-0.2, 0) is 4.79 Å². The number of ether oxygens (including phenoxy) is 1. The molecule has 0 spiro atoms. The van der Waals surface area contributed by atoms with E-state index in [1.807, 2.05) is 45.0 Å². The van der Waals surface area contributed by atoms with E-state index in [1.54, 1.807) is 7.11 Å². The Bertz CT molecular complexity index is 551. The normalized spacial score (nSPS) is 9.00. The van der Waals surface area contributed by atoms with Gasteiger partial charge >= 0.3 is 0 Å². The van der Waals surface area contributed by atoms with Gasteiger partial charge in [-0.3, -0.25) is 4.79 Å². The van der Waals surface area contributed by atoms with Crippen LogP contribution in [0.15, 0.2) is 48.5 Å². The second-order valence-corrected chi connectivity index (χ2v) is 5.03. The fourth-order valence-electron chi connectivity index (χ4n) is 1.82. The van der Waals surface area contributed by atoms with Crippen molar-refractivity contribution in [2.75, 3.05) is 12.4 Å². The zero-order valence-electron chi connectivity index (χ0n) is 15.1. The molecule has 0 saturated carbocycles. The smallest absolute Gasteiger partial charge is 0.211 e. The van der Waals surface area contributed by atoms with Gasteiger partial charge in [-0.2, -0.15) is 0 Å². The number of nitrogens with one attached hydrogen (secondary N) is 1. The molecule has 0 aromatic heterocycles. The van der Waals surface area contributed by atoms with E-state index in [1.165, 1.54) is 5.56 Å². The number of hydrogen-bond acceptors (Lipinski definition) is 2. The maximum atomic E-state index is 10.2. The summed E-state index contributed by atoms with van der Waals surface area (Å²) in [5, 5.41) is 2.55. The third kappa shape index (κ3) is 8.05. The molecule has 0 atom stereocenters. The van der Waals surface area contributed by atoms with E-state index >= 15 is 0 Å². The summed E-state index contributed by atoms with van der Waals surface area (Å²) in [6.07, 6.45) is 0.632. The van der Waals surface area contributed by atoms with Gasteiger partial charge in [0.1, 0.15) is 5.75 Å². The number of benzene rings is 2. The van der Waals surface area contributed by atoms with E-state index in [9.17, 15) is 4.79 Å². The quantitative estimate of drug-likeness (QED) is 0.766. The molecule has 0 saturated heterocycles. The van der Waals surface area contributed by atoms with Gasteiger partial charge in [0.2, 0.25) is 6.41 Å². The Morgan fingerprint density at radius 1 is 1.04 bits per heavy atom. The number of anilines is 1. The van der Waals surface area contributed by atoms with Crippen LogP contribution < -0.4 is 10.1 Å². The minimum atomic E-state index is 0.632. The van der Waals surface area contributed by atoms with Crippen LogP contribution in [0.3, 0.4) is 0 Å². The van der Waals surface area contributed by atoms with Gasteiger partial charge in [-0.1, -0.05) is 64.1 Å². The third-order valence-corrected chi connectivity index (χ3v) is 3.04. The number of hydrogen-bond donors (Lipinski definition) is 1. The number of amides is 1. The molecule has 2 rings (SSSR count). The van der Waals surface area contributed by atoms with Gasteiger partial charge in [0.15, 0.2) is 0 Å². The second-order valence-electron chi connectivity index (χ2n) is 5.03. The first-order valence-electron chi connectivity index (χ1n) is 7.98. The van der Waals surface area contributed by atoms with Crippen LogP contribution in [0.25, 0.3) is 0 Å². The van der Waals surface area contributed by atoms with Gasteiger partial charge in [0.05, 0.1) is 12.8 Å². The van der Waals surface area contributed by atoms with Crippen molar-refractivity contribution < 1.29 is 9.53 Å². The SMILES string of the molecule is CC.CC(C)c1ccccc1.COc1cc(C)ccc1NC=O. The minimum Gasteiger partial charge on any atom is -0.495 e. The highest BCUT2D eigenvalue weighted by Gasteiger charge is 2.00. The first-order chi connectivity index (χ1) is 11.1. The van der Waals surface area contributed by atoms with E-state index in [0.717, 1.165) is 5.56 Å². The maximum absolute atomic E-state index is 10.2. The number of carbonyl (C=O) groups excluding carboxylic acids is 1. The first kappa shape index (κ1) is 20.7. The van der Waals surface area contributed by atoms with Crippen LogP contribution in [-0.4, -0.2) is 13.5 Å². The van der Waals surface area contributed by atoms with E-state index < -0.39 is 0 Å². The lowest BCUT2D eigenvalue weighted by Gasteiger charge is -2.06. The Morgan fingerprint density at radius 2 is 1.65 bits per heavy atom. The molecule has 0 aliphatic heterocycles. The average molecular weight is 315 g/mol. The molecule has 1 N–H and O–H groups in total. The number of methoxy groups -OCH3 is 1. The van der Waals surface area contributed by atoms with Crippen LogP contribution >= 0.6 is 0 Å². The van der Waals surface area contributed by atoms with Crippen LogP contribution in [0.4, 0.5) is 5.69 Å². The highest BCUT2D eigenvalue weighted by molar-refractivity contribution is 5.75. The minimum absolute atomic E-state index is 0.632. The molecule has 2 aromatic carbocycles. The molecule has 23 heavy (non-hydrogen) atoms. The monoisotopic (exact) mass is 315 g/mol. The van der Waals surface area contributed by atoms with Crippen molar-refractivity contribution in [3.05, 3.63) is 59.7 Å². The molecule has 0 heterocycles. The third-order valence-electron chi connectivity index (χ3n) is 3.04. The molecular formula is C20H29NO2. The molecule has 2 aromatic rings. The molecule has 0 unspecified atom stereocenters. The van der Waals surface area contributed by atoms with E-state index in [2.05, 4.69) is 43.4 Å². The summed E-state index contributed by atoms with van der Waals surface area (Å²) in [6, 6.07) is 16.1. The summed E-state index contributed by atoms with van der Waals surface area (Å²) in [5.41, 5.74) is 3.21. The number of carbonyl (C=O) groups is 1. The van der Waals surface area contributed by atoms with Gasteiger partial charge in [0.25, 0.3) is 0 Å². The van der Waals surface area contributed by atoms with Crippen LogP contribution in [0.5, 0.6) is 5.75 Å². The Hall–Kier alpha value is -2.29. The fraction of sp³-hybridized carbons (Fsp3) is 0.350. The van der Waals surface area contributed by atoms with E-state index in [0.29, 0.717) is 23.8 Å². The summed E-state index contributed by atoms with van der Waals surface area (Å²) < 4.78 is 5.06. The second kappa shape index (κ2) is 12.3. The molecule has 0 aliphatic rings. The molecular weight excluding hydrogens is 286 g/mol. The lowest BCUT2D eigenvalue weighted by atomic mass is 10.0. The van der Waals surface area contributed by atoms with Gasteiger partial charge in [0, 0.05) is 0 Å². The van der Waals surface area contributed by atoms with Crippen molar-refractivity contribution in [1.82, 2.24) is 0 Å². The van der Waals surface area contributed by atoms with Gasteiger partial charge in [-0.25, -0.2) is 0 Å². The molecule has 126 valence electrons. The lowest BCUT2D eigenvalue weighted by Crippen LogP contribution is -1.97. The van der Waals surface area contributed by atoms with Gasteiger partial charge in [-0.15, -0.1) is 0 Å². The summed E-state index contributed by atoms with van der Waals surface area (Å²) in [7, 11) is 1.57. The van der Waals surface area contributed by atoms with Crippen LogP contribution in [0.2, 0.25) is 0 Å². The van der Waals surface area contributed by atoms with Gasteiger partial charge in [-0.05, 0) is 36.1 Å². The number of aryl methyl sites for hydroxylation is 1. The Balaban J connectivity index is 0.000000392. The van der Waals surface area contributed by atoms with Crippen LogP contribution in [0.1, 0.15) is 44.7 Å². The average Bonchev–Trinajstić information content (AvgIpc) is 2.60. The van der Waals surface area contributed by atoms with Crippen molar-refractivity contribution in [1.29, 1.82) is 0 Å². The van der Waals surface area contributed by atoms with Crippen molar-refractivity contribution in [2.24, 2.45) is 0 Å². The summed E-state index contributed by atoms with van der Waals surface area (Å²) in [6.45, 7) is 10.4. The Labute approximate surface area is 140 Å². The van der Waals surface area contributed by atoms with Crippen LogP contribution in [0, 0.1) is 6.92 Å². The fourth-order valence-corrected chi connectivity index (χ4v) is 1.82. The molecule has 3 nitrogen and oxygen atoms in total. The van der Waals surface area contributed by atoms with E-state index in [-0.39, 0.29) is 0 Å². The van der Waals surface area contributed by atoms with E-state index in [4.69, 9.17) is 4.74 Å². The standard InChI is InChI=1S/C9H11NO2.C9H12.C2H6/c1-7-3-4-8(10-6-11)9(5-7)12-2;1-8(2)9-6-4-3-5-7-9;1-2/h3-6H,1-2H3,(H,10,11);3-8H,1-2H3;1-2H3. The van der Waals surface area contributed by atoms with Crippen molar-refractivity contribution in [2.45, 2.75) is 40.5 Å². The largest absolute Gasteiger partial charge is 0.495 e. The summed E-state index contributed by atoms with van der Waals surface area (Å²) in [5.74, 6) is 1.34. The molecule has 0 fully saturated rings. The summed E-state index contributed by atoms with van der Waals surface area (Å²) >= 11 is 0. The predicted octanol–water partition coefficient (Wildman–Crippen LogP) is 5.41.